The quantitative estimate of drug-likeness (QED) is 0.828. The molecule has 0 saturated carbocycles. The number of nitrogens with two attached hydrogens (primary N) is 1. The fourth-order valence-electron chi connectivity index (χ4n) is 1.21. The predicted octanol–water partition coefficient (Wildman–Crippen LogP) is 2.01. The van der Waals surface area contributed by atoms with Crippen molar-refractivity contribution in [3.05, 3.63) is 35.9 Å². The van der Waals surface area contributed by atoms with E-state index in [9.17, 15) is 9.18 Å². The van der Waals surface area contributed by atoms with Gasteiger partial charge in [-0.15, -0.1) is 12.4 Å². The van der Waals surface area contributed by atoms with Crippen molar-refractivity contribution in [1.82, 2.24) is 0 Å². The fraction of sp³-hybridized carbons (Fsp3) is 0.364. The smallest absolute Gasteiger partial charge is 0.342 e. The average molecular weight is 248 g/mol. The molecule has 0 radical (unpaired) electrons. The van der Waals surface area contributed by atoms with E-state index < -0.39 is 18.2 Å². The summed E-state index contributed by atoms with van der Waals surface area (Å²) in [4.78, 5) is 11.1. The lowest BCUT2D eigenvalue weighted by Gasteiger charge is -2.15. The Kier molecular flexibility index (Phi) is 6.69. The van der Waals surface area contributed by atoms with Crippen LogP contribution in [0, 0.1) is 0 Å². The van der Waals surface area contributed by atoms with Crippen molar-refractivity contribution >= 4 is 18.4 Å². The van der Waals surface area contributed by atoms with Crippen LogP contribution in [0.2, 0.25) is 0 Å². The second kappa shape index (κ2) is 7.19. The van der Waals surface area contributed by atoms with E-state index >= 15 is 0 Å². The van der Waals surface area contributed by atoms with Crippen LogP contribution in [0.3, 0.4) is 0 Å². The van der Waals surface area contributed by atoms with Crippen molar-refractivity contribution < 1.29 is 13.9 Å². The highest BCUT2D eigenvalue weighted by molar-refractivity contribution is 5.85. The maximum atomic E-state index is 13.5. The van der Waals surface area contributed by atoms with Crippen LogP contribution in [0.15, 0.2) is 30.3 Å². The number of alkyl halides is 1. The van der Waals surface area contributed by atoms with Gasteiger partial charge in [-0.1, -0.05) is 30.3 Å². The Hall–Kier alpha value is -1.13. The van der Waals surface area contributed by atoms with E-state index in [4.69, 9.17) is 5.73 Å². The molecule has 1 unspecified atom stereocenters. The molecule has 2 atom stereocenters. The molecule has 3 nitrogen and oxygen atoms in total. The molecule has 0 saturated heterocycles. The van der Waals surface area contributed by atoms with Gasteiger partial charge in [0.15, 0.2) is 0 Å². The lowest BCUT2D eigenvalue weighted by atomic mass is 10.0. The highest BCUT2D eigenvalue weighted by Crippen LogP contribution is 2.17. The molecule has 90 valence electrons. The van der Waals surface area contributed by atoms with Crippen LogP contribution in [0.4, 0.5) is 4.39 Å². The molecular weight excluding hydrogens is 233 g/mol. The van der Waals surface area contributed by atoms with E-state index in [-0.39, 0.29) is 19.0 Å². The summed E-state index contributed by atoms with van der Waals surface area (Å²) in [6, 6.07) is 7.67. The van der Waals surface area contributed by atoms with Gasteiger partial charge in [0.05, 0.1) is 12.6 Å². The van der Waals surface area contributed by atoms with Gasteiger partial charge in [-0.05, 0) is 12.5 Å². The average Bonchev–Trinajstić information content (AvgIpc) is 2.28. The number of ether oxygens (including phenoxy) is 1. The van der Waals surface area contributed by atoms with Crippen LogP contribution in [-0.2, 0) is 9.53 Å². The molecule has 0 aromatic heterocycles. The number of halogens is 2. The number of carbonyl (C=O) groups excluding carboxylic acids is 1. The number of hydrogen-bond donors (Lipinski definition) is 1. The number of rotatable bonds is 4. The van der Waals surface area contributed by atoms with Crippen LogP contribution in [0.5, 0.6) is 0 Å². The lowest BCUT2D eigenvalue weighted by molar-refractivity contribution is -0.149. The minimum Gasteiger partial charge on any atom is -0.464 e. The van der Waals surface area contributed by atoms with Crippen LogP contribution in [0.25, 0.3) is 0 Å². The fourth-order valence-corrected chi connectivity index (χ4v) is 1.21. The molecule has 5 heteroatoms. The van der Waals surface area contributed by atoms with Gasteiger partial charge in [-0.3, -0.25) is 0 Å². The largest absolute Gasteiger partial charge is 0.464 e. The molecule has 0 aliphatic rings. The lowest BCUT2D eigenvalue weighted by Crippen LogP contribution is -2.31. The Labute approximate surface area is 100 Å². The van der Waals surface area contributed by atoms with Gasteiger partial charge in [0.1, 0.15) is 0 Å². The molecular formula is C11H15ClFNO2. The summed E-state index contributed by atoms with van der Waals surface area (Å²) in [6.07, 6.45) is -1.81. The van der Waals surface area contributed by atoms with E-state index in [0.717, 1.165) is 0 Å². The van der Waals surface area contributed by atoms with Crippen molar-refractivity contribution in [2.24, 2.45) is 5.73 Å². The highest BCUT2D eigenvalue weighted by atomic mass is 35.5. The Morgan fingerprint density at radius 2 is 2.00 bits per heavy atom. The summed E-state index contributed by atoms with van der Waals surface area (Å²) in [5.74, 6) is -0.908. The van der Waals surface area contributed by atoms with Crippen molar-refractivity contribution in [1.29, 1.82) is 0 Å². The van der Waals surface area contributed by atoms with E-state index in [1.807, 2.05) is 0 Å². The molecule has 0 aliphatic heterocycles. The Morgan fingerprint density at radius 1 is 1.44 bits per heavy atom. The van der Waals surface area contributed by atoms with Crippen molar-refractivity contribution in [3.63, 3.8) is 0 Å². The Balaban J connectivity index is 0.00000225. The van der Waals surface area contributed by atoms with Gasteiger partial charge in [0.25, 0.3) is 0 Å². The van der Waals surface area contributed by atoms with Crippen LogP contribution >= 0.6 is 12.4 Å². The first kappa shape index (κ1) is 14.9. The van der Waals surface area contributed by atoms with Gasteiger partial charge >= 0.3 is 5.97 Å². The topological polar surface area (TPSA) is 52.3 Å². The molecule has 0 spiro atoms. The maximum Gasteiger partial charge on any atom is 0.342 e. The second-order valence-corrected chi connectivity index (χ2v) is 3.09. The van der Waals surface area contributed by atoms with Crippen LogP contribution < -0.4 is 5.73 Å². The minimum atomic E-state index is -1.81. The zero-order valence-electron chi connectivity index (χ0n) is 8.93. The molecule has 0 bridgehead atoms. The monoisotopic (exact) mass is 247 g/mol. The van der Waals surface area contributed by atoms with Gasteiger partial charge in [0.2, 0.25) is 6.17 Å². The van der Waals surface area contributed by atoms with E-state index in [1.54, 1.807) is 37.3 Å². The van der Waals surface area contributed by atoms with Gasteiger partial charge in [-0.2, -0.15) is 0 Å². The third-order valence-electron chi connectivity index (χ3n) is 2.01. The molecule has 1 rings (SSSR count). The standard InChI is InChI=1S/C11H14FNO2.ClH/c1-2-15-11(14)9(12)10(13)8-6-4-3-5-7-8;/h3-7,9-10H,2,13H2,1H3;1H/t9?,10-;/m1./s1. The molecule has 0 fully saturated rings. The zero-order chi connectivity index (χ0) is 11.3. The minimum absolute atomic E-state index is 0. The first-order valence-corrected chi connectivity index (χ1v) is 4.78. The van der Waals surface area contributed by atoms with Gasteiger partial charge in [-0.25, -0.2) is 9.18 Å². The van der Waals surface area contributed by atoms with Crippen LogP contribution in [-0.4, -0.2) is 18.7 Å². The summed E-state index contributed by atoms with van der Waals surface area (Å²) in [7, 11) is 0. The highest BCUT2D eigenvalue weighted by Gasteiger charge is 2.27. The summed E-state index contributed by atoms with van der Waals surface area (Å²) in [5, 5.41) is 0. The molecule has 0 aliphatic carbocycles. The Morgan fingerprint density at radius 3 is 2.50 bits per heavy atom. The number of carbonyl (C=O) groups is 1. The summed E-state index contributed by atoms with van der Waals surface area (Å²) in [5.41, 5.74) is 6.18. The zero-order valence-corrected chi connectivity index (χ0v) is 9.75. The van der Waals surface area contributed by atoms with Crippen molar-refractivity contribution in [2.45, 2.75) is 19.1 Å². The Bertz CT molecular complexity index is 321. The number of esters is 1. The summed E-state index contributed by atoms with van der Waals surface area (Å²) < 4.78 is 18.0. The normalized spacial score (nSPS) is 13.4. The first-order chi connectivity index (χ1) is 7.16. The molecule has 16 heavy (non-hydrogen) atoms. The number of hydrogen-bond acceptors (Lipinski definition) is 3. The van der Waals surface area contributed by atoms with Crippen molar-refractivity contribution in [3.8, 4) is 0 Å². The second-order valence-electron chi connectivity index (χ2n) is 3.09. The molecule has 1 aromatic rings. The number of benzene rings is 1. The first-order valence-electron chi connectivity index (χ1n) is 4.78. The van der Waals surface area contributed by atoms with Gasteiger partial charge in [0, 0.05) is 0 Å². The molecule has 0 heterocycles. The molecule has 1 aromatic carbocycles. The SMILES string of the molecule is CCOC(=O)C(F)[C@H](N)c1ccccc1.Cl. The third-order valence-corrected chi connectivity index (χ3v) is 2.01. The maximum absolute atomic E-state index is 13.5. The van der Waals surface area contributed by atoms with Crippen LogP contribution in [0.1, 0.15) is 18.5 Å². The van der Waals surface area contributed by atoms with E-state index in [0.29, 0.717) is 5.56 Å². The van der Waals surface area contributed by atoms with E-state index in [1.165, 1.54) is 0 Å². The third kappa shape index (κ3) is 3.79. The molecule has 0 amide bonds. The summed E-state index contributed by atoms with van der Waals surface area (Å²) >= 11 is 0. The summed E-state index contributed by atoms with van der Waals surface area (Å²) in [6.45, 7) is 1.78. The van der Waals surface area contributed by atoms with Gasteiger partial charge < -0.3 is 10.5 Å². The van der Waals surface area contributed by atoms with E-state index in [2.05, 4.69) is 4.74 Å². The predicted molar refractivity (Wildman–Crippen MR) is 62.1 cm³/mol. The van der Waals surface area contributed by atoms with Crippen molar-refractivity contribution in [2.75, 3.05) is 6.61 Å². The molecule has 2 N–H and O–H groups in total.